The summed E-state index contributed by atoms with van der Waals surface area (Å²) in [7, 11) is 0. The van der Waals surface area contributed by atoms with E-state index in [-0.39, 0.29) is 17.4 Å². The van der Waals surface area contributed by atoms with Crippen LogP contribution < -0.4 is 5.32 Å². The number of ether oxygens (including phenoxy) is 2. The number of nitrogens with one attached hydrogen (secondary N) is 1. The maximum absolute atomic E-state index is 12.5. The van der Waals surface area contributed by atoms with Crippen LogP contribution in [0.25, 0.3) is 10.8 Å². The van der Waals surface area contributed by atoms with Crippen LogP contribution in [0.15, 0.2) is 54.6 Å². The maximum atomic E-state index is 12.5. The number of rotatable bonds is 7. The van der Waals surface area contributed by atoms with Gasteiger partial charge in [0.15, 0.2) is 0 Å². The number of carbonyl (C=O) groups is 2. The third-order valence-corrected chi connectivity index (χ3v) is 5.85. The van der Waals surface area contributed by atoms with Crippen LogP contribution in [0, 0.1) is 5.41 Å². The van der Waals surface area contributed by atoms with Crippen molar-refractivity contribution < 1.29 is 19.1 Å². The van der Waals surface area contributed by atoms with E-state index in [9.17, 15) is 9.59 Å². The SMILES string of the molecule is C=C1CC(C)(C)CC(CCC)(NC(=O)OCOC(=O)Cc2cccc3ccccc23)C1. The van der Waals surface area contributed by atoms with Gasteiger partial charge in [0.05, 0.1) is 6.42 Å². The minimum absolute atomic E-state index is 0.0721. The maximum Gasteiger partial charge on any atom is 0.410 e. The molecule has 1 N–H and O–H groups in total. The summed E-state index contributed by atoms with van der Waals surface area (Å²) in [5.74, 6) is -0.431. The molecule has 1 saturated carbocycles. The second-order valence-electron chi connectivity index (χ2n) is 9.48. The summed E-state index contributed by atoms with van der Waals surface area (Å²) in [5.41, 5.74) is 1.74. The fourth-order valence-electron chi connectivity index (χ4n) is 5.12. The zero-order valence-electron chi connectivity index (χ0n) is 18.8. The van der Waals surface area contributed by atoms with Crippen molar-refractivity contribution in [2.24, 2.45) is 5.41 Å². The molecule has 2 aromatic rings. The van der Waals surface area contributed by atoms with E-state index in [1.165, 1.54) is 0 Å². The summed E-state index contributed by atoms with van der Waals surface area (Å²) in [6.07, 6.45) is 3.94. The van der Waals surface area contributed by atoms with Crippen LogP contribution in [0.1, 0.15) is 58.4 Å². The Morgan fingerprint density at radius 3 is 2.55 bits per heavy atom. The minimum atomic E-state index is -0.558. The number of alkyl carbamates (subject to hydrolysis) is 1. The number of fused-ring (bicyclic) bond motifs is 1. The lowest BCUT2D eigenvalue weighted by Gasteiger charge is -2.46. The minimum Gasteiger partial charge on any atom is -0.428 e. The number of amides is 1. The van der Waals surface area contributed by atoms with Crippen LogP contribution in [0.3, 0.4) is 0 Å². The molecule has 0 radical (unpaired) electrons. The second kappa shape index (κ2) is 9.54. The molecule has 0 aliphatic heterocycles. The molecule has 2 aromatic carbocycles. The molecule has 0 spiro atoms. The smallest absolute Gasteiger partial charge is 0.410 e. The molecule has 3 rings (SSSR count). The van der Waals surface area contributed by atoms with Crippen molar-refractivity contribution in [2.45, 2.75) is 64.8 Å². The molecule has 5 nitrogen and oxygen atoms in total. The molecule has 0 bridgehead atoms. The monoisotopic (exact) mass is 423 g/mol. The van der Waals surface area contributed by atoms with Crippen LogP contribution in [-0.2, 0) is 20.7 Å². The summed E-state index contributed by atoms with van der Waals surface area (Å²) < 4.78 is 10.4. The summed E-state index contributed by atoms with van der Waals surface area (Å²) in [6.45, 7) is 10.3. The highest BCUT2D eigenvalue weighted by Crippen LogP contribution is 2.45. The zero-order valence-corrected chi connectivity index (χ0v) is 18.8. The average Bonchev–Trinajstić information content (AvgIpc) is 2.66. The summed E-state index contributed by atoms with van der Waals surface area (Å²) in [6, 6.07) is 13.7. The lowest BCUT2D eigenvalue weighted by molar-refractivity contribution is -0.151. The zero-order chi connectivity index (χ0) is 22.5. The van der Waals surface area contributed by atoms with Gasteiger partial charge in [-0.3, -0.25) is 4.79 Å². The molecular weight excluding hydrogens is 390 g/mol. The van der Waals surface area contributed by atoms with E-state index in [2.05, 4.69) is 32.7 Å². The fourth-order valence-corrected chi connectivity index (χ4v) is 5.12. The van der Waals surface area contributed by atoms with Crippen molar-refractivity contribution >= 4 is 22.8 Å². The van der Waals surface area contributed by atoms with Crippen molar-refractivity contribution in [3.05, 3.63) is 60.2 Å². The summed E-state index contributed by atoms with van der Waals surface area (Å²) >= 11 is 0. The molecule has 166 valence electrons. The van der Waals surface area contributed by atoms with Gasteiger partial charge in [-0.05, 0) is 47.4 Å². The standard InChI is InChI=1S/C26H33NO4/c1-5-13-26(16-19(2)15-25(3,4)17-26)27-24(29)31-18-30-23(28)14-21-11-8-10-20-9-6-7-12-22(20)21/h6-12H,2,5,13-18H2,1,3-4H3,(H,27,29). The first-order valence-corrected chi connectivity index (χ1v) is 11.0. The number of hydrogen-bond acceptors (Lipinski definition) is 4. The lowest BCUT2D eigenvalue weighted by atomic mass is 9.65. The molecule has 1 amide bonds. The van der Waals surface area contributed by atoms with Gasteiger partial charge in [0.1, 0.15) is 0 Å². The van der Waals surface area contributed by atoms with Gasteiger partial charge < -0.3 is 14.8 Å². The van der Waals surface area contributed by atoms with E-state index in [1.807, 2.05) is 42.5 Å². The number of esters is 1. The van der Waals surface area contributed by atoms with Crippen LogP contribution >= 0.6 is 0 Å². The van der Waals surface area contributed by atoms with Gasteiger partial charge >= 0.3 is 12.1 Å². The van der Waals surface area contributed by atoms with Gasteiger partial charge in [-0.2, -0.15) is 0 Å². The van der Waals surface area contributed by atoms with Crippen LogP contribution in [0.2, 0.25) is 0 Å². The lowest BCUT2D eigenvalue weighted by Crippen LogP contribution is -2.53. The third kappa shape index (κ3) is 6.09. The van der Waals surface area contributed by atoms with E-state index in [1.54, 1.807) is 0 Å². The first-order chi connectivity index (χ1) is 14.7. The van der Waals surface area contributed by atoms with E-state index in [0.29, 0.717) is 0 Å². The topological polar surface area (TPSA) is 64.6 Å². The van der Waals surface area contributed by atoms with Crippen LogP contribution in [0.4, 0.5) is 4.79 Å². The first-order valence-electron chi connectivity index (χ1n) is 11.0. The Kier molecular flexibility index (Phi) is 7.04. The molecule has 1 unspecified atom stereocenters. The van der Waals surface area contributed by atoms with E-state index < -0.39 is 18.9 Å². The molecule has 0 saturated heterocycles. The largest absolute Gasteiger partial charge is 0.428 e. The van der Waals surface area contributed by atoms with Gasteiger partial charge in [-0.15, -0.1) is 0 Å². The molecule has 0 aromatic heterocycles. The molecule has 1 atom stereocenters. The van der Waals surface area contributed by atoms with Crippen molar-refractivity contribution in [3.63, 3.8) is 0 Å². The normalized spacial score (nSPS) is 20.3. The van der Waals surface area contributed by atoms with E-state index in [0.717, 1.165) is 54.0 Å². The third-order valence-electron chi connectivity index (χ3n) is 5.85. The Balaban J connectivity index is 1.53. The predicted octanol–water partition coefficient (Wildman–Crippen LogP) is 5.91. The molecule has 31 heavy (non-hydrogen) atoms. The summed E-state index contributed by atoms with van der Waals surface area (Å²) in [4.78, 5) is 24.7. The molecule has 0 heterocycles. The van der Waals surface area contributed by atoms with Gasteiger partial charge in [0, 0.05) is 5.54 Å². The second-order valence-corrected chi connectivity index (χ2v) is 9.48. The Morgan fingerprint density at radius 1 is 1.06 bits per heavy atom. The molecular formula is C26H33NO4. The Bertz CT molecular complexity index is 960. The van der Waals surface area contributed by atoms with Crippen LogP contribution in [-0.4, -0.2) is 24.4 Å². The fraction of sp³-hybridized carbons (Fsp3) is 0.462. The quantitative estimate of drug-likeness (QED) is 0.341. The number of benzene rings is 2. The van der Waals surface area contributed by atoms with Gasteiger partial charge in [-0.25, -0.2) is 4.79 Å². The van der Waals surface area contributed by atoms with Gasteiger partial charge in [-0.1, -0.05) is 81.8 Å². The number of hydrogen-bond donors (Lipinski definition) is 1. The van der Waals surface area contributed by atoms with Crippen molar-refractivity contribution in [1.29, 1.82) is 0 Å². The first kappa shape index (κ1) is 22.9. The molecule has 5 heteroatoms. The molecule has 1 aliphatic rings. The van der Waals surface area contributed by atoms with Crippen molar-refractivity contribution in [2.75, 3.05) is 6.79 Å². The Labute approximate surface area is 184 Å². The molecule has 1 aliphatic carbocycles. The van der Waals surface area contributed by atoms with E-state index in [4.69, 9.17) is 9.47 Å². The van der Waals surface area contributed by atoms with Gasteiger partial charge in [0.25, 0.3) is 0 Å². The van der Waals surface area contributed by atoms with Crippen molar-refractivity contribution in [1.82, 2.24) is 5.32 Å². The Morgan fingerprint density at radius 2 is 1.81 bits per heavy atom. The van der Waals surface area contributed by atoms with Crippen molar-refractivity contribution in [3.8, 4) is 0 Å². The van der Waals surface area contributed by atoms with Gasteiger partial charge in [0.2, 0.25) is 6.79 Å². The highest BCUT2D eigenvalue weighted by molar-refractivity contribution is 5.89. The predicted molar refractivity (Wildman–Crippen MR) is 123 cm³/mol. The average molecular weight is 424 g/mol. The van der Waals surface area contributed by atoms with Crippen LogP contribution in [0.5, 0.6) is 0 Å². The number of carbonyl (C=O) groups excluding carboxylic acids is 2. The summed E-state index contributed by atoms with van der Waals surface area (Å²) in [5, 5.41) is 5.14. The molecule has 1 fully saturated rings. The highest BCUT2D eigenvalue weighted by Gasteiger charge is 2.42. The Hall–Kier alpha value is -2.82. The van der Waals surface area contributed by atoms with E-state index >= 15 is 0 Å². The highest BCUT2D eigenvalue weighted by atomic mass is 16.7.